The van der Waals surface area contributed by atoms with Crippen LogP contribution in [-0.4, -0.2) is 36.7 Å². The number of ether oxygens (including phenoxy) is 1. The largest absolute Gasteiger partial charge is 0.465 e. The predicted octanol–water partition coefficient (Wildman–Crippen LogP) is 1.61. The molecule has 0 aliphatic heterocycles. The number of alkyl halides is 1. The zero-order valence-corrected chi connectivity index (χ0v) is 10.8. The molecule has 0 aromatic heterocycles. The summed E-state index contributed by atoms with van der Waals surface area (Å²) in [5.74, 6) is -1.50. The minimum Gasteiger partial charge on any atom is -0.465 e. The molecule has 0 aliphatic rings. The zero-order valence-electron chi connectivity index (χ0n) is 9.19. The second-order valence-electron chi connectivity index (χ2n) is 3.39. The van der Waals surface area contributed by atoms with E-state index in [2.05, 4.69) is 0 Å². The van der Waals surface area contributed by atoms with Gasteiger partial charge >= 0.3 is 5.97 Å². The van der Waals surface area contributed by atoms with E-state index in [4.69, 9.17) is 20.9 Å². The molecule has 0 aromatic carbocycles. The van der Waals surface area contributed by atoms with E-state index in [9.17, 15) is 13.2 Å². The summed E-state index contributed by atoms with van der Waals surface area (Å²) < 4.78 is 34.8. The molecule has 0 spiro atoms. The lowest BCUT2D eigenvalue weighted by Crippen LogP contribution is -2.33. The lowest BCUT2D eigenvalue weighted by molar-refractivity contribution is -0.142. The number of hydrogen-bond acceptors (Lipinski definition) is 4. The fourth-order valence-electron chi connectivity index (χ4n) is 1.06. The molecule has 0 rings (SSSR count). The molecule has 5 nitrogen and oxygen atoms in total. The van der Waals surface area contributed by atoms with Crippen molar-refractivity contribution in [2.75, 3.05) is 12.5 Å². The molecule has 0 amide bonds. The molecule has 7 heteroatoms. The summed E-state index contributed by atoms with van der Waals surface area (Å²) in [6.45, 7) is 2.20. The lowest BCUT2D eigenvalue weighted by atomic mass is 10.2. The molecule has 1 atom stereocenters. The van der Waals surface area contributed by atoms with Crippen LogP contribution in [0.2, 0.25) is 0 Å². The van der Waals surface area contributed by atoms with Crippen molar-refractivity contribution in [3.63, 3.8) is 0 Å². The number of rotatable bonds is 8. The first-order chi connectivity index (χ1) is 7.43. The Morgan fingerprint density at radius 3 is 2.44 bits per heavy atom. The average Bonchev–Trinajstić information content (AvgIpc) is 2.16. The number of halogens is 1. The van der Waals surface area contributed by atoms with Crippen molar-refractivity contribution in [2.45, 2.75) is 37.9 Å². The van der Waals surface area contributed by atoms with Gasteiger partial charge in [0.15, 0.2) is 5.25 Å². The molecular weight excluding hydrogens is 256 g/mol. The molecule has 96 valence electrons. The third-order valence-electron chi connectivity index (χ3n) is 2.00. The van der Waals surface area contributed by atoms with E-state index >= 15 is 0 Å². The van der Waals surface area contributed by atoms with Gasteiger partial charge in [0.1, 0.15) is 0 Å². The van der Waals surface area contributed by atoms with E-state index in [1.54, 1.807) is 0 Å². The number of esters is 1. The maximum absolute atomic E-state index is 11.2. The van der Waals surface area contributed by atoms with Crippen LogP contribution in [0.25, 0.3) is 0 Å². The van der Waals surface area contributed by atoms with Crippen LogP contribution in [0.1, 0.15) is 32.6 Å². The van der Waals surface area contributed by atoms with Crippen molar-refractivity contribution in [3.05, 3.63) is 0 Å². The van der Waals surface area contributed by atoms with E-state index in [0.717, 1.165) is 19.3 Å². The molecule has 1 unspecified atom stereocenters. The van der Waals surface area contributed by atoms with Gasteiger partial charge in [-0.25, -0.2) is 0 Å². The highest BCUT2D eigenvalue weighted by Gasteiger charge is 2.31. The van der Waals surface area contributed by atoms with Crippen molar-refractivity contribution in [1.82, 2.24) is 0 Å². The molecule has 0 aliphatic carbocycles. The number of unbranched alkanes of at least 4 members (excludes halogenated alkanes) is 3. The summed E-state index contributed by atoms with van der Waals surface area (Å²) in [4.78, 5) is 11.2. The molecule has 1 N–H and O–H groups in total. The molecule has 0 saturated heterocycles. The zero-order chi connectivity index (χ0) is 12.6. The van der Waals surface area contributed by atoms with E-state index < -0.39 is 27.2 Å². The van der Waals surface area contributed by atoms with Crippen LogP contribution in [-0.2, 0) is 19.6 Å². The van der Waals surface area contributed by atoms with Gasteiger partial charge in [0, 0.05) is 0 Å². The Labute approximate surface area is 101 Å². The highest BCUT2D eigenvalue weighted by molar-refractivity contribution is 7.87. The third kappa shape index (κ3) is 6.30. The summed E-state index contributed by atoms with van der Waals surface area (Å²) >= 11 is 5.27. The summed E-state index contributed by atoms with van der Waals surface area (Å²) in [5, 5.41) is -1.68. The van der Waals surface area contributed by atoms with Gasteiger partial charge in [-0.2, -0.15) is 8.42 Å². The van der Waals surface area contributed by atoms with Gasteiger partial charge in [0.05, 0.1) is 12.5 Å². The van der Waals surface area contributed by atoms with Gasteiger partial charge in [-0.05, 0) is 6.42 Å². The number of hydrogen-bond donors (Lipinski definition) is 1. The summed E-state index contributed by atoms with van der Waals surface area (Å²) in [6.07, 6.45) is 3.69. The van der Waals surface area contributed by atoms with E-state index in [1.807, 2.05) is 6.92 Å². The van der Waals surface area contributed by atoms with Gasteiger partial charge in [-0.15, -0.1) is 11.6 Å². The van der Waals surface area contributed by atoms with Gasteiger partial charge in [0.25, 0.3) is 10.1 Å². The molecule has 0 fully saturated rings. The van der Waals surface area contributed by atoms with Crippen LogP contribution in [0.3, 0.4) is 0 Å². The fraction of sp³-hybridized carbons (Fsp3) is 0.889. The van der Waals surface area contributed by atoms with Crippen LogP contribution >= 0.6 is 11.6 Å². The molecule has 0 saturated carbocycles. The van der Waals surface area contributed by atoms with Crippen molar-refractivity contribution >= 4 is 27.7 Å². The second kappa shape index (κ2) is 7.86. The summed E-state index contributed by atoms with van der Waals surface area (Å²) in [6, 6.07) is 0. The Kier molecular flexibility index (Phi) is 7.70. The quantitative estimate of drug-likeness (QED) is 0.314. The average molecular weight is 273 g/mol. The SMILES string of the molecule is CCCCCCOC(=O)C(CCl)S(=O)(=O)O. The van der Waals surface area contributed by atoms with E-state index in [0.29, 0.717) is 6.42 Å². The van der Waals surface area contributed by atoms with Crippen LogP contribution in [0.5, 0.6) is 0 Å². The van der Waals surface area contributed by atoms with Crippen LogP contribution in [0, 0.1) is 0 Å². The highest BCUT2D eigenvalue weighted by Crippen LogP contribution is 2.06. The van der Waals surface area contributed by atoms with E-state index in [1.165, 1.54) is 0 Å². The minimum atomic E-state index is -4.47. The highest BCUT2D eigenvalue weighted by atomic mass is 35.5. The molecule has 0 aromatic rings. The Hall–Kier alpha value is -0.330. The maximum Gasteiger partial charge on any atom is 0.328 e. The first-order valence-corrected chi connectivity index (χ1v) is 7.16. The predicted molar refractivity (Wildman–Crippen MR) is 61.2 cm³/mol. The smallest absolute Gasteiger partial charge is 0.328 e. The minimum absolute atomic E-state index is 0.155. The van der Waals surface area contributed by atoms with Crippen molar-refractivity contribution in [3.8, 4) is 0 Å². The Morgan fingerprint density at radius 1 is 1.38 bits per heavy atom. The van der Waals surface area contributed by atoms with E-state index in [-0.39, 0.29) is 6.61 Å². The van der Waals surface area contributed by atoms with Crippen LogP contribution in [0.15, 0.2) is 0 Å². The van der Waals surface area contributed by atoms with Crippen molar-refractivity contribution in [1.29, 1.82) is 0 Å². The Bertz CT molecular complexity index is 301. The Balaban J connectivity index is 3.96. The second-order valence-corrected chi connectivity index (χ2v) is 5.29. The maximum atomic E-state index is 11.2. The fourth-order valence-corrected chi connectivity index (χ4v) is 2.13. The monoisotopic (exact) mass is 272 g/mol. The first kappa shape index (κ1) is 15.7. The Morgan fingerprint density at radius 2 is 2.00 bits per heavy atom. The van der Waals surface area contributed by atoms with Gasteiger partial charge in [-0.1, -0.05) is 26.2 Å². The number of carbonyl (C=O) groups is 1. The lowest BCUT2D eigenvalue weighted by Gasteiger charge is -2.10. The van der Waals surface area contributed by atoms with Crippen molar-refractivity contribution < 1.29 is 22.5 Å². The van der Waals surface area contributed by atoms with Gasteiger partial charge in [-0.3, -0.25) is 9.35 Å². The molecule has 16 heavy (non-hydrogen) atoms. The van der Waals surface area contributed by atoms with Crippen LogP contribution < -0.4 is 0 Å². The molecule has 0 bridgehead atoms. The topological polar surface area (TPSA) is 80.7 Å². The van der Waals surface area contributed by atoms with Gasteiger partial charge in [0.2, 0.25) is 0 Å². The standard InChI is InChI=1S/C9H17ClO5S/c1-2-3-4-5-6-15-9(11)8(7-10)16(12,13)14/h8H,2-7H2,1H3,(H,12,13,14). The third-order valence-corrected chi connectivity index (χ3v) is 3.57. The van der Waals surface area contributed by atoms with Crippen LogP contribution in [0.4, 0.5) is 0 Å². The summed E-state index contributed by atoms with van der Waals surface area (Å²) in [5.41, 5.74) is 0. The number of carbonyl (C=O) groups excluding carboxylic acids is 1. The molecule has 0 radical (unpaired) electrons. The van der Waals surface area contributed by atoms with Gasteiger partial charge < -0.3 is 4.74 Å². The molecular formula is C9H17ClO5S. The summed E-state index contributed by atoms with van der Waals surface area (Å²) in [7, 11) is -4.47. The molecule has 0 heterocycles. The normalized spacial score (nSPS) is 13.4. The van der Waals surface area contributed by atoms with Crippen molar-refractivity contribution in [2.24, 2.45) is 0 Å². The first-order valence-electron chi connectivity index (χ1n) is 5.12.